The first kappa shape index (κ1) is 16.8. The van der Waals surface area contributed by atoms with E-state index in [1.807, 2.05) is 25.1 Å². The molecule has 1 aliphatic heterocycles. The Kier molecular flexibility index (Phi) is 3.97. The summed E-state index contributed by atoms with van der Waals surface area (Å²) in [5, 5.41) is 1.09. The Hall–Kier alpha value is -3.40. The van der Waals surface area contributed by atoms with Gasteiger partial charge in [-0.2, -0.15) is 0 Å². The second-order valence-electron chi connectivity index (χ2n) is 7.09. The van der Waals surface area contributed by atoms with Crippen LogP contribution in [0.2, 0.25) is 0 Å². The molecule has 0 saturated heterocycles. The summed E-state index contributed by atoms with van der Waals surface area (Å²) >= 11 is 0. The molecule has 0 saturated carbocycles. The second-order valence-corrected chi connectivity index (χ2v) is 7.09. The van der Waals surface area contributed by atoms with E-state index in [1.54, 1.807) is 7.11 Å². The third-order valence-corrected chi connectivity index (χ3v) is 5.35. The molecule has 2 heterocycles. The van der Waals surface area contributed by atoms with Crippen molar-refractivity contribution in [1.82, 2.24) is 9.97 Å². The molecule has 3 aromatic carbocycles. The standard InChI is InChI=1S/C24H21N3O/c1-16-25-22-6-4-3-5-21(22)24(26-16)27-14-13-18-7-8-19(15-23(18)27)17-9-11-20(28-2)12-10-17/h3-12,15H,13-14H2,1-2H3. The van der Waals surface area contributed by atoms with Crippen molar-refractivity contribution in [1.29, 1.82) is 0 Å². The number of ether oxygens (including phenoxy) is 1. The zero-order valence-corrected chi connectivity index (χ0v) is 16.0. The molecule has 0 atom stereocenters. The van der Waals surface area contributed by atoms with Gasteiger partial charge in [-0.25, -0.2) is 9.97 Å². The third-order valence-electron chi connectivity index (χ3n) is 5.35. The summed E-state index contributed by atoms with van der Waals surface area (Å²) in [6.45, 7) is 2.89. The minimum absolute atomic E-state index is 0.799. The maximum absolute atomic E-state index is 5.28. The lowest BCUT2D eigenvalue weighted by Gasteiger charge is -2.21. The Morgan fingerprint density at radius 3 is 2.50 bits per heavy atom. The largest absolute Gasteiger partial charge is 0.497 e. The number of benzene rings is 3. The lowest BCUT2D eigenvalue weighted by Crippen LogP contribution is -2.16. The number of fused-ring (bicyclic) bond motifs is 2. The van der Waals surface area contributed by atoms with Gasteiger partial charge in [-0.1, -0.05) is 36.4 Å². The van der Waals surface area contributed by atoms with Crippen LogP contribution >= 0.6 is 0 Å². The first-order valence-electron chi connectivity index (χ1n) is 9.51. The fraction of sp³-hybridized carbons (Fsp3) is 0.167. The number of nitrogens with zero attached hydrogens (tertiary/aromatic N) is 3. The van der Waals surface area contributed by atoms with E-state index < -0.39 is 0 Å². The van der Waals surface area contributed by atoms with Crippen LogP contribution in [0, 0.1) is 6.92 Å². The summed E-state index contributed by atoms with van der Waals surface area (Å²) in [6, 6.07) is 23.2. The molecule has 4 aromatic rings. The van der Waals surface area contributed by atoms with Gasteiger partial charge in [-0.15, -0.1) is 0 Å². The fourth-order valence-corrected chi connectivity index (χ4v) is 3.94. The summed E-state index contributed by atoms with van der Waals surface area (Å²) < 4.78 is 5.28. The minimum atomic E-state index is 0.799. The quantitative estimate of drug-likeness (QED) is 0.492. The zero-order valence-electron chi connectivity index (χ0n) is 16.0. The van der Waals surface area contributed by atoms with E-state index in [9.17, 15) is 0 Å². The molecule has 0 fully saturated rings. The molecule has 5 rings (SSSR count). The zero-order chi connectivity index (χ0) is 19.1. The van der Waals surface area contributed by atoms with Crippen LogP contribution in [0.15, 0.2) is 66.7 Å². The number of methoxy groups -OCH3 is 1. The van der Waals surface area contributed by atoms with E-state index in [-0.39, 0.29) is 0 Å². The van der Waals surface area contributed by atoms with E-state index in [0.717, 1.165) is 41.3 Å². The molecule has 1 aromatic heterocycles. The molecule has 0 amide bonds. The van der Waals surface area contributed by atoms with Gasteiger partial charge in [-0.05, 0) is 60.4 Å². The maximum atomic E-state index is 5.28. The molecule has 0 radical (unpaired) electrons. The molecule has 1 aliphatic rings. The molecule has 28 heavy (non-hydrogen) atoms. The molecular weight excluding hydrogens is 346 g/mol. The minimum Gasteiger partial charge on any atom is -0.497 e. The van der Waals surface area contributed by atoms with E-state index in [4.69, 9.17) is 9.72 Å². The molecule has 0 N–H and O–H groups in total. The van der Waals surface area contributed by atoms with Gasteiger partial charge in [0.15, 0.2) is 0 Å². The highest BCUT2D eigenvalue weighted by Gasteiger charge is 2.24. The van der Waals surface area contributed by atoms with E-state index in [1.165, 1.54) is 22.4 Å². The maximum Gasteiger partial charge on any atom is 0.144 e. The fourth-order valence-electron chi connectivity index (χ4n) is 3.94. The van der Waals surface area contributed by atoms with Crippen LogP contribution in [0.5, 0.6) is 5.75 Å². The third kappa shape index (κ3) is 2.78. The van der Waals surface area contributed by atoms with Crippen molar-refractivity contribution in [3.8, 4) is 16.9 Å². The molecular formula is C24H21N3O. The van der Waals surface area contributed by atoms with Gasteiger partial charge in [0.05, 0.1) is 12.6 Å². The normalized spacial score (nSPS) is 13.0. The van der Waals surface area contributed by atoms with Crippen LogP contribution < -0.4 is 9.64 Å². The second kappa shape index (κ2) is 6.64. The van der Waals surface area contributed by atoms with Gasteiger partial charge in [0.1, 0.15) is 17.4 Å². The van der Waals surface area contributed by atoms with Crippen molar-refractivity contribution in [2.45, 2.75) is 13.3 Å². The van der Waals surface area contributed by atoms with E-state index in [2.05, 4.69) is 58.4 Å². The Bertz CT molecular complexity index is 1170. The van der Waals surface area contributed by atoms with Crippen LogP contribution in [0.1, 0.15) is 11.4 Å². The average molecular weight is 367 g/mol. The van der Waals surface area contributed by atoms with Crippen LogP contribution in [-0.2, 0) is 6.42 Å². The predicted octanol–water partition coefficient (Wildman–Crippen LogP) is 5.31. The summed E-state index contributed by atoms with van der Waals surface area (Å²) in [4.78, 5) is 11.7. The molecule has 0 spiro atoms. The summed E-state index contributed by atoms with van der Waals surface area (Å²) in [6.07, 6.45) is 1.02. The number of rotatable bonds is 3. The number of para-hydroxylation sites is 1. The number of anilines is 2. The smallest absolute Gasteiger partial charge is 0.144 e. The Morgan fingerprint density at radius 1 is 0.893 bits per heavy atom. The first-order chi connectivity index (χ1) is 13.7. The lowest BCUT2D eigenvalue weighted by atomic mass is 10.0. The van der Waals surface area contributed by atoms with Crippen LogP contribution in [0.25, 0.3) is 22.0 Å². The van der Waals surface area contributed by atoms with Crippen molar-refractivity contribution in [2.75, 3.05) is 18.6 Å². The molecule has 4 heteroatoms. The van der Waals surface area contributed by atoms with Gasteiger partial charge in [-0.3, -0.25) is 0 Å². The number of hydrogen-bond donors (Lipinski definition) is 0. The number of hydrogen-bond acceptors (Lipinski definition) is 4. The Balaban J connectivity index is 1.61. The van der Waals surface area contributed by atoms with Crippen molar-refractivity contribution < 1.29 is 4.74 Å². The molecule has 0 aliphatic carbocycles. The monoisotopic (exact) mass is 367 g/mol. The van der Waals surface area contributed by atoms with Gasteiger partial charge in [0.2, 0.25) is 0 Å². The van der Waals surface area contributed by atoms with E-state index in [0.29, 0.717) is 0 Å². The lowest BCUT2D eigenvalue weighted by molar-refractivity contribution is 0.415. The molecule has 0 unspecified atom stereocenters. The highest BCUT2D eigenvalue weighted by Crippen LogP contribution is 2.39. The van der Waals surface area contributed by atoms with Crippen LogP contribution in [0.4, 0.5) is 11.5 Å². The highest BCUT2D eigenvalue weighted by molar-refractivity contribution is 5.93. The topological polar surface area (TPSA) is 38.2 Å². The van der Waals surface area contributed by atoms with Gasteiger partial charge < -0.3 is 9.64 Å². The predicted molar refractivity (Wildman–Crippen MR) is 113 cm³/mol. The average Bonchev–Trinajstić information content (AvgIpc) is 3.16. The van der Waals surface area contributed by atoms with Gasteiger partial charge >= 0.3 is 0 Å². The summed E-state index contributed by atoms with van der Waals surface area (Å²) in [7, 11) is 1.69. The van der Waals surface area contributed by atoms with Crippen LogP contribution in [-0.4, -0.2) is 23.6 Å². The van der Waals surface area contributed by atoms with Crippen molar-refractivity contribution in [3.05, 3.63) is 78.1 Å². The first-order valence-corrected chi connectivity index (χ1v) is 9.51. The van der Waals surface area contributed by atoms with Crippen molar-refractivity contribution in [2.24, 2.45) is 0 Å². The number of aryl methyl sites for hydroxylation is 1. The van der Waals surface area contributed by atoms with Gasteiger partial charge in [0, 0.05) is 17.6 Å². The van der Waals surface area contributed by atoms with Gasteiger partial charge in [0.25, 0.3) is 0 Å². The highest BCUT2D eigenvalue weighted by atomic mass is 16.5. The van der Waals surface area contributed by atoms with E-state index >= 15 is 0 Å². The Morgan fingerprint density at radius 2 is 1.68 bits per heavy atom. The SMILES string of the molecule is COc1ccc(-c2ccc3c(c2)N(c2nc(C)nc4ccccc24)CC3)cc1. The van der Waals surface area contributed by atoms with Crippen LogP contribution in [0.3, 0.4) is 0 Å². The summed E-state index contributed by atoms with van der Waals surface area (Å²) in [5.74, 6) is 2.66. The number of aromatic nitrogens is 2. The van der Waals surface area contributed by atoms with Crippen molar-refractivity contribution >= 4 is 22.4 Å². The molecule has 4 nitrogen and oxygen atoms in total. The molecule has 0 bridgehead atoms. The summed E-state index contributed by atoms with van der Waals surface area (Å²) in [5.41, 5.74) is 5.96. The van der Waals surface area contributed by atoms with Crippen molar-refractivity contribution in [3.63, 3.8) is 0 Å². The Labute approximate surface area is 164 Å². The molecule has 138 valence electrons.